The lowest BCUT2D eigenvalue weighted by Crippen LogP contribution is -2.49. The topological polar surface area (TPSA) is 85.3 Å². The summed E-state index contributed by atoms with van der Waals surface area (Å²) in [6.07, 6.45) is 6.40. The lowest BCUT2D eigenvalue weighted by Gasteiger charge is -2.47. The Morgan fingerprint density at radius 3 is 2.38 bits per heavy atom. The molecule has 1 aromatic carbocycles. The van der Waals surface area contributed by atoms with Crippen molar-refractivity contribution < 1.29 is 28.9 Å². The highest BCUT2D eigenvalue weighted by atomic mass is 16.5. The second-order valence-corrected chi connectivity index (χ2v) is 10.1. The molecule has 0 spiro atoms. The first kappa shape index (κ1) is 26.3. The third-order valence-electron chi connectivity index (χ3n) is 7.14. The molecule has 7 nitrogen and oxygen atoms in total. The van der Waals surface area contributed by atoms with Gasteiger partial charge in [-0.15, -0.1) is 0 Å². The van der Waals surface area contributed by atoms with Crippen LogP contribution in [0.15, 0.2) is 12.1 Å². The molecule has 0 unspecified atom stereocenters. The van der Waals surface area contributed by atoms with Crippen molar-refractivity contribution in [3.05, 3.63) is 23.3 Å². The standard InChI is InChI=1S/C27H41NO6/c1-18(2)13-20-17-28-12-11-19-14-24(32-3)25(33-4)15-21(19)22(28)16-23(20)34-27(31)10-8-6-5-7-9-26(29)30/h14-15,18,20,22-23H,5-13,16-17H2,1-4H3,(H,29,30)/t20-,22-,23-/m1/s1. The maximum atomic E-state index is 12.7. The molecule has 34 heavy (non-hydrogen) atoms. The molecule has 0 aliphatic carbocycles. The van der Waals surface area contributed by atoms with Crippen LogP contribution in [0.2, 0.25) is 0 Å². The summed E-state index contributed by atoms with van der Waals surface area (Å²) >= 11 is 0. The van der Waals surface area contributed by atoms with Gasteiger partial charge in [-0.3, -0.25) is 14.5 Å². The predicted molar refractivity (Wildman–Crippen MR) is 130 cm³/mol. The average Bonchev–Trinajstić information content (AvgIpc) is 2.80. The highest BCUT2D eigenvalue weighted by Crippen LogP contribution is 2.44. The van der Waals surface area contributed by atoms with E-state index in [1.807, 2.05) is 0 Å². The number of benzene rings is 1. The van der Waals surface area contributed by atoms with Crippen molar-refractivity contribution in [3.63, 3.8) is 0 Å². The zero-order valence-electron chi connectivity index (χ0n) is 21.2. The zero-order valence-corrected chi connectivity index (χ0v) is 21.2. The number of aliphatic carboxylic acids is 1. The number of hydrogen-bond donors (Lipinski definition) is 1. The second-order valence-electron chi connectivity index (χ2n) is 10.1. The molecule has 7 heteroatoms. The van der Waals surface area contributed by atoms with Crippen LogP contribution in [0.25, 0.3) is 0 Å². The summed E-state index contributed by atoms with van der Waals surface area (Å²) in [6, 6.07) is 4.40. The Balaban J connectivity index is 1.66. The van der Waals surface area contributed by atoms with Crippen LogP contribution in [-0.4, -0.2) is 55.4 Å². The van der Waals surface area contributed by atoms with E-state index in [-0.39, 0.29) is 24.5 Å². The number of piperidine rings is 1. The average molecular weight is 476 g/mol. The van der Waals surface area contributed by atoms with Gasteiger partial charge in [-0.05, 0) is 54.9 Å². The number of methoxy groups -OCH3 is 2. The molecule has 0 amide bonds. The fraction of sp³-hybridized carbons (Fsp3) is 0.704. The summed E-state index contributed by atoms with van der Waals surface area (Å²) in [5.74, 6) is 1.48. The summed E-state index contributed by atoms with van der Waals surface area (Å²) in [7, 11) is 3.33. The molecular weight excluding hydrogens is 434 g/mol. The molecule has 0 aromatic heterocycles. The Morgan fingerprint density at radius 1 is 1.06 bits per heavy atom. The Kier molecular flexibility index (Phi) is 9.63. The molecule has 2 aliphatic heterocycles. The predicted octanol–water partition coefficient (Wildman–Crippen LogP) is 5.01. The zero-order chi connectivity index (χ0) is 24.7. The molecule has 1 N–H and O–H groups in total. The van der Waals surface area contributed by atoms with E-state index in [9.17, 15) is 9.59 Å². The van der Waals surface area contributed by atoms with Crippen molar-refractivity contribution in [2.75, 3.05) is 27.3 Å². The molecule has 3 atom stereocenters. The molecule has 190 valence electrons. The van der Waals surface area contributed by atoms with Crippen LogP contribution in [-0.2, 0) is 20.7 Å². The number of carbonyl (C=O) groups is 2. The molecule has 0 saturated carbocycles. The van der Waals surface area contributed by atoms with Crippen LogP contribution >= 0.6 is 0 Å². The summed E-state index contributed by atoms with van der Waals surface area (Å²) in [5, 5.41) is 8.74. The van der Waals surface area contributed by atoms with E-state index >= 15 is 0 Å². The second kappa shape index (κ2) is 12.4. The van der Waals surface area contributed by atoms with Gasteiger partial charge in [-0.2, -0.15) is 0 Å². The number of nitrogens with zero attached hydrogens (tertiary/aromatic N) is 1. The lowest BCUT2D eigenvalue weighted by atomic mass is 9.79. The number of esters is 1. The Labute approximate surface area is 203 Å². The monoisotopic (exact) mass is 475 g/mol. The SMILES string of the molecule is COc1cc2c(cc1OC)[C@H]1C[C@@H](OC(=O)CCCCCCC(=O)O)[C@H](CC(C)C)CN1CC2. The first-order valence-corrected chi connectivity index (χ1v) is 12.7. The molecule has 1 saturated heterocycles. The van der Waals surface area contributed by atoms with Crippen LogP contribution in [0.5, 0.6) is 11.5 Å². The third kappa shape index (κ3) is 6.87. The van der Waals surface area contributed by atoms with Crippen LogP contribution in [0.4, 0.5) is 0 Å². The van der Waals surface area contributed by atoms with E-state index in [1.54, 1.807) is 14.2 Å². The minimum atomic E-state index is -0.762. The van der Waals surface area contributed by atoms with E-state index in [0.717, 1.165) is 63.1 Å². The summed E-state index contributed by atoms with van der Waals surface area (Å²) in [6.45, 7) is 6.39. The van der Waals surface area contributed by atoms with Gasteiger partial charge in [0.1, 0.15) is 6.10 Å². The van der Waals surface area contributed by atoms with Gasteiger partial charge in [0.25, 0.3) is 0 Å². The number of fused-ring (bicyclic) bond motifs is 3. The van der Waals surface area contributed by atoms with E-state index in [1.165, 1.54) is 11.1 Å². The summed E-state index contributed by atoms with van der Waals surface area (Å²) in [4.78, 5) is 25.9. The number of carboxylic acids is 1. The van der Waals surface area contributed by atoms with Crippen molar-refractivity contribution in [2.24, 2.45) is 11.8 Å². The third-order valence-corrected chi connectivity index (χ3v) is 7.14. The minimum absolute atomic E-state index is 0.0952. The molecule has 0 radical (unpaired) electrons. The number of carboxylic acid groups (broad SMARTS) is 1. The van der Waals surface area contributed by atoms with Gasteiger partial charge in [0.2, 0.25) is 0 Å². The van der Waals surface area contributed by atoms with Gasteiger partial charge in [-0.1, -0.05) is 26.7 Å². The summed E-state index contributed by atoms with van der Waals surface area (Å²) < 4.78 is 17.2. The molecular formula is C27H41NO6. The number of ether oxygens (including phenoxy) is 3. The van der Waals surface area contributed by atoms with E-state index < -0.39 is 5.97 Å². The van der Waals surface area contributed by atoms with Crippen LogP contribution in [0, 0.1) is 11.8 Å². The van der Waals surface area contributed by atoms with E-state index in [0.29, 0.717) is 24.7 Å². The van der Waals surface area contributed by atoms with Crippen molar-refractivity contribution in [3.8, 4) is 11.5 Å². The fourth-order valence-corrected chi connectivity index (χ4v) is 5.51. The Morgan fingerprint density at radius 2 is 1.74 bits per heavy atom. The molecule has 2 aliphatic rings. The number of carbonyl (C=O) groups excluding carboxylic acids is 1. The molecule has 1 fully saturated rings. The minimum Gasteiger partial charge on any atom is -0.493 e. The molecule has 3 rings (SSSR count). The van der Waals surface area contributed by atoms with Gasteiger partial charge >= 0.3 is 11.9 Å². The first-order valence-electron chi connectivity index (χ1n) is 12.7. The van der Waals surface area contributed by atoms with Crippen molar-refractivity contribution >= 4 is 11.9 Å². The molecule has 2 heterocycles. The first-order chi connectivity index (χ1) is 16.3. The van der Waals surface area contributed by atoms with Gasteiger partial charge in [0.15, 0.2) is 11.5 Å². The smallest absolute Gasteiger partial charge is 0.306 e. The van der Waals surface area contributed by atoms with Gasteiger partial charge in [0, 0.05) is 44.3 Å². The van der Waals surface area contributed by atoms with Gasteiger partial charge in [0.05, 0.1) is 14.2 Å². The lowest BCUT2D eigenvalue weighted by molar-refractivity contribution is -0.157. The van der Waals surface area contributed by atoms with Crippen molar-refractivity contribution in [2.45, 2.75) is 83.8 Å². The van der Waals surface area contributed by atoms with E-state index in [2.05, 4.69) is 30.9 Å². The highest BCUT2D eigenvalue weighted by molar-refractivity contribution is 5.69. The van der Waals surface area contributed by atoms with Crippen LogP contribution in [0.1, 0.15) is 82.4 Å². The Bertz CT molecular complexity index is 839. The normalized spacial score (nSPS) is 22.1. The number of rotatable bonds is 12. The van der Waals surface area contributed by atoms with Crippen molar-refractivity contribution in [1.82, 2.24) is 4.90 Å². The summed E-state index contributed by atoms with van der Waals surface area (Å²) in [5.41, 5.74) is 2.54. The van der Waals surface area contributed by atoms with Crippen molar-refractivity contribution in [1.29, 1.82) is 0 Å². The van der Waals surface area contributed by atoms with Gasteiger partial charge < -0.3 is 19.3 Å². The van der Waals surface area contributed by atoms with E-state index in [4.69, 9.17) is 19.3 Å². The molecule has 1 aromatic rings. The quantitative estimate of drug-likeness (QED) is 0.336. The highest BCUT2D eigenvalue weighted by Gasteiger charge is 2.41. The largest absolute Gasteiger partial charge is 0.493 e. The molecule has 0 bridgehead atoms. The maximum absolute atomic E-state index is 12.7. The number of hydrogen-bond acceptors (Lipinski definition) is 6. The fourth-order valence-electron chi connectivity index (χ4n) is 5.51. The van der Waals surface area contributed by atoms with Crippen LogP contribution in [0.3, 0.4) is 0 Å². The van der Waals surface area contributed by atoms with Crippen LogP contribution < -0.4 is 9.47 Å². The van der Waals surface area contributed by atoms with Gasteiger partial charge in [-0.25, -0.2) is 0 Å². The Hall–Kier alpha value is -2.28. The maximum Gasteiger partial charge on any atom is 0.306 e. The number of unbranched alkanes of at least 4 members (excludes halogenated alkanes) is 3.